The molecule has 19 heavy (non-hydrogen) atoms. The molecule has 0 aliphatic rings. The van der Waals surface area contributed by atoms with Gasteiger partial charge < -0.3 is 10.1 Å². The minimum atomic E-state index is 0.401. The van der Waals surface area contributed by atoms with Gasteiger partial charge in [-0.3, -0.25) is 0 Å². The normalized spacial score (nSPS) is 14.1. The van der Waals surface area contributed by atoms with Crippen molar-refractivity contribution in [3.8, 4) is 5.75 Å². The Kier molecular flexibility index (Phi) is 7.57. The molecule has 1 aromatic carbocycles. The largest absolute Gasteiger partial charge is 0.496 e. The van der Waals surface area contributed by atoms with Gasteiger partial charge in [-0.2, -0.15) is 0 Å². The lowest BCUT2D eigenvalue weighted by Gasteiger charge is -2.24. The van der Waals surface area contributed by atoms with E-state index in [1.165, 1.54) is 24.8 Å². The van der Waals surface area contributed by atoms with E-state index in [4.69, 9.17) is 4.74 Å². The van der Waals surface area contributed by atoms with Crippen LogP contribution in [0.1, 0.15) is 58.1 Å². The van der Waals surface area contributed by atoms with Crippen LogP contribution in [0.4, 0.5) is 0 Å². The van der Waals surface area contributed by atoms with Crippen LogP contribution in [-0.2, 0) is 0 Å². The van der Waals surface area contributed by atoms with Crippen molar-refractivity contribution in [2.75, 3.05) is 13.7 Å². The number of ether oxygens (including phenoxy) is 1. The number of rotatable bonds is 9. The third kappa shape index (κ3) is 5.23. The molecule has 0 aliphatic heterocycles. The van der Waals surface area contributed by atoms with E-state index < -0.39 is 0 Å². The average molecular weight is 263 g/mol. The lowest BCUT2D eigenvalue weighted by molar-refractivity contribution is 0.365. The van der Waals surface area contributed by atoms with Crippen LogP contribution in [0.3, 0.4) is 0 Å². The van der Waals surface area contributed by atoms with Gasteiger partial charge in [0.25, 0.3) is 0 Å². The molecule has 0 radical (unpaired) electrons. The van der Waals surface area contributed by atoms with Gasteiger partial charge in [0.15, 0.2) is 0 Å². The van der Waals surface area contributed by atoms with Crippen LogP contribution in [0.2, 0.25) is 0 Å². The van der Waals surface area contributed by atoms with E-state index in [9.17, 15) is 0 Å². The number of nitrogens with one attached hydrogen (secondary N) is 1. The van der Waals surface area contributed by atoms with Gasteiger partial charge in [-0.15, -0.1) is 0 Å². The number of hydrogen-bond acceptors (Lipinski definition) is 2. The summed E-state index contributed by atoms with van der Waals surface area (Å²) in [6.45, 7) is 7.87. The average Bonchev–Trinajstić information content (AvgIpc) is 2.43. The molecule has 108 valence electrons. The van der Waals surface area contributed by atoms with Gasteiger partial charge in [0.05, 0.1) is 7.11 Å². The summed E-state index contributed by atoms with van der Waals surface area (Å²) in [6, 6.07) is 8.78. The molecule has 1 aromatic rings. The Morgan fingerprint density at radius 2 is 1.89 bits per heavy atom. The second-order valence-corrected chi connectivity index (χ2v) is 5.38. The summed E-state index contributed by atoms with van der Waals surface area (Å²) in [5.74, 6) is 1.74. The van der Waals surface area contributed by atoms with Crippen LogP contribution < -0.4 is 10.1 Å². The summed E-state index contributed by atoms with van der Waals surface area (Å²) in [5, 5.41) is 3.67. The maximum atomic E-state index is 5.51. The monoisotopic (exact) mass is 263 g/mol. The maximum absolute atomic E-state index is 5.51. The van der Waals surface area contributed by atoms with E-state index in [0.29, 0.717) is 6.04 Å². The first-order valence-electron chi connectivity index (χ1n) is 7.59. The highest BCUT2D eigenvalue weighted by Crippen LogP contribution is 2.30. The summed E-state index contributed by atoms with van der Waals surface area (Å²) in [5.41, 5.74) is 1.29. The van der Waals surface area contributed by atoms with Gasteiger partial charge in [-0.05, 0) is 31.4 Å². The fourth-order valence-corrected chi connectivity index (χ4v) is 2.61. The van der Waals surface area contributed by atoms with Crippen LogP contribution in [0.5, 0.6) is 5.75 Å². The van der Waals surface area contributed by atoms with Crippen molar-refractivity contribution in [3.63, 3.8) is 0 Å². The van der Waals surface area contributed by atoms with Gasteiger partial charge in [-0.1, -0.05) is 51.8 Å². The van der Waals surface area contributed by atoms with Gasteiger partial charge >= 0.3 is 0 Å². The zero-order valence-electron chi connectivity index (χ0n) is 12.9. The summed E-state index contributed by atoms with van der Waals surface area (Å²) < 4.78 is 5.51. The summed E-state index contributed by atoms with van der Waals surface area (Å²) in [6.07, 6.45) is 4.88. The molecule has 0 spiro atoms. The van der Waals surface area contributed by atoms with Crippen LogP contribution in [0.25, 0.3) is 0 Å². The molecule has 1 N–H and O–H groups in total. The van der Waals surface area contributed by atoms with E-state index in [2.05, 4.69) is 44.3 Å². The standard InChI is InChI=1S/C17H29NO/c1-5-9-14(3)13-16(18-12-6-2)15-10-7-8-11-17(15)19-4/h7-8,10-11,14,16,18H,5-6,9,12-13H2,1-4H3. The highest BCUT2D eigenvalue weighted by molar-refractivity contribution is 5.35. The number of para-hydroxylation sites is 1. The second kappa shape index (κ2) is 8.98. The first kappa shape index (κ1) is 16.0. The molecule has 1 rings (SSSR count). The first-order chi connectivity index (χ1) is 9.22. The van der Waals surface area contributed by atoms with Crippen molar-refractivity contribution in [1.82, 2.24) is 5.32 Å². The summed E-state index contributed by atoms with van der Waals surface area (Å²) in [7, 11) is 1.76. The minimum Gasteiger partial charge on any atom is -0.496 e. The van der Waals surface area contributed by atoms with Crippen molar-refractivity contribution in [1.29, 1.82) is 0 Å². The summed E-state index contributed by atoms with van der Waals surface area (Å²) in [4.78, 5) is 0. The van der Waals surface area contributed by atoms with Crippen LogP contribution in [0.15, 0.2) is 24.3 Å². The molecule has 0 saturated heterocycles. The fraction of sp³-hybridized carbons (Fsp3) is 0.647. The van der Waals surface area contributed by atoms with Crippen molar-refractivity contribution < 1.29 is 4.74 Å². The van der Waals surface area contributed by atoms with Gasteiger partial charge in [0.1, 0.15) is 5.75 Å². The highest BCUT2D eigenvalue weighted by Gasteiger charge is 2.17. The van der Waals surface area contributed by atoms with Crippen LogP contribution >= 0.6 is 0 Å². The Labute approximate surface area is 118 Å². The van der Waals surface area contributed by atoms with E-state index in [1.807, 2.05) is 6.07 Å². The Hall–Kier alpha value is -1.02. The third-order valence-electron chi connectivity index (χ3n) is 3.57. The molecule has 0 aromatic heterocycles. The molecular weight excluding hydrogens is 234 g/mol. The van der Waals surface area contributed by atoms with Crippen molar-refractivity contribution in [3.05, 3.63) is 29.8 Å². The lowest BCUT2D eigenvalue weighted by Crippen LogP contribution is -2.24. The van der Waals surface area contributed by atoms with Gasteiger partial charge in [-0.25, -0.2) is 0 Å². The summed E-state index contributed by atoms with van der Waals surface area (Å²) >= 11 is 0. The molecule has 0 heterocycles. The van der Waals surface area contributed by atoms with Crippen LogP contribution in [-0.4, -0.2) is 13.7 Å². The van der Waals surface area contributed by atoms with E-state index >= 15 is 0 Å². The molecule has 2 heteroatoms. The van der Waals surface area contributed by atoms with Crippen molar-refractivity contribution >= 4 is 0 Å². The Morgan fingerprint density at radius 1 is 1.16 bits per heavy atom. The van der Waals surface area contributed by atoms with Crippen molar-refractivity contribution in [2.24, 2.45) is 5.92 Å². The van der Waals surface area contributed by atoms with E-state index in [1.54, 1.807) is 7.11 Å². The van der Waals surface area contributed by atoms with Crippen LogP contribution in [0, 0.1) is 5.92 Å². The number of benzene rings is 1. The Bertz CT molecular complexity index is 351. The Morgan fingerprint density at radius 3 is 2.53 bits per heavy atom. The molecule has 0 fully saturated rings. The maximum Gasteiger partial charge on any atom is 0.123 e. The van der Waals surface area contributed by atoms with Gasteiger partial charge in [0.2, 0.25) is 0 Å². The topological polar surface area (TPSA) is 21.3 Å². The predicted octanol–water partition coefficient (Wildman–Crippen LogP) is 4.56. The fourth-order valence-electron chi connectivity index (χ4n) is 2.61. The smallest absolute Gasteiger partial charge is 0.123 e. The molecule has 0 amide bonds. The molecule has 0 saturated carbocycles. The molecule has 0 bridgehead atoms. The Balaban J connectivity index is 2.82. The SMILES string of the molecule is CCCNC(CC(C)CCC)c1ccccc1OC. The highest BCUT2D eigenvalue weighted by atomic mass is 16.5. The molecule has 2 nitrogen and oxygen atoms in total. The zero-order valence-corrected chi connectivity index (χ0v) is 12.9. The lowest BCUT2D eigenvalue weighted by atomic mass is 9.92. The van der Waals surface area contributed by atoms with Gasteiger partial charge in [0, 0.05) is 11.6 Å². The third-order valence-corrected chi connectivity index (χ3v) is 3.57. The second-order valence-electron chi connectivity index (χ2n) is 5.38. The number of methoxy groups -OCH3 is 1. The first-order valence-corrected chi connectivity index (χ1v) is 7.59. The minimum absolute atomic E-state index is 0.401. The molecular formula is C17H29NO. The van der Waals surface area contributed by atoms with Crippen molar-refractivity contribution in [2.45, 2.75) is 52.5 Å². The molecule has 2 unspecified atom stereocenters. The predicted molar refractivity (Wildman–Crippen MR) is 82.7 cm³/mol. The van der Waals surface area contributed by atoms with E-state index in [-0.39, 0.29) is 0 Å². The number of hydrogen-bond donors (Lipinski definition) is 1. The molecule has 0 aliphatic carbocycles. The zero-order chi connectivity index (χ0) is 14.1. The van der Waals surface area contributed by atoms with E-state index in [0.717, 1.165) is 24.6 Å². The quantitative estimate of drug-likeness (QED) is 0.705. The molecule has 2 atom stereocenters.